The summed E-state index contributed by atoms with van der Waals surface area (Å²) in [6, 6.07) is 0. The molecule has 0 saturated heterocycles. The van der Waals surface area contributed by atoms with Crippen LogP contribution in [0.25, 0.3) is 0 Å². The van der Waals surface area contributed by atoms with Gasteiger partial charge in [0.05, 0.1) is 12.5 Å². The lowest BCUT2D eigenvalue weighted by atomic mass is 9.83. The average Bonchev–Trinajstić information content (AvgIpc) is 2.78. The van der Waals surface area contributed by atoms with Crippen LogP contribution in [0.5, 0.6) is 0 Å². The van der Waals surface area contributed by atoms with Gasteiger partial charge in [0.1, 0.15) is 0 Å². The van der Waals surface area contributed by atoms with Gasteiger partial charge in [-0.25, -0.2) is 0 Å². The quantitative estimate of drug-likeness (QED) is 0.697. The highest BCUT2D eigenvalue weighted by Gasteiger charge is 2.31. The van der Waals surface area contributed by atoms with Crippen LogP contribution in [0.2, 0.25) is 0 Å². The fourth-order valence-corrected chi connectivity index (χ4v) is 2.70. The van der Waals surface area contributed by atoms with Crippen molar-refractivity contribution in [2.24, 2.45) is 11.3 Å². The molecule has 0 aliphatic heterocycles. The standard InChI is InChI=1S/C14H27NO2/c1-4-14(8-6-7-9-14)11-15-10-12(3)13(16)17-5-2/h12,15H,4-11H2,1-3H3. The Morgan fingerprint density at radius 3 is 2.53 bits per heavy atom. The smallest absolute Gasteiger partial charge is 0.309 e. The third kappa shape index (κ3) is 4.30. The summed E-state index contributed by atoms with van der Waals surface area (Å²) in [5.41, 5.74) is 0.494. The molecule has 0 amide bonds. The fourth-order valence-electron chi connectivity index (χ4n) is 2.70. The van der Waals surface area contributed by atoms with E-state index < -0.39 is 0 Å². The van der Waals surface area contributed by atoms with Crippen molar-refractivity contribution in [2.45, 2.75) is 52.9 Å². The van der Waals surface area contributed by atoms with Crippen molar-refractivity contribution in [1.82, 2.24) is 5.32 Å². The van der Waals surface area contributed by atoms with Gasteiger partial charge in [0.25, 0.3) is 0 Å². The molecule has 3 nitrogen and oxygen atoms in total. The molecule has 0 heterocycles. The summed E-state index contributed by atoms with van der Waals surface area (Å²) in [6.07, 6.45) is 6.65. The van der Waals surface area contributed by atoms with Crippen molar-refractivity contribution >= 4 is 5.97 Å². The SMILES string of the molecule is CCOC(=O)C(C)CNCC1(CC)CCCC1. The van der Waals surface area contributed by atoms with Gasteiger partial charge in [0.15, 0.2) is 0 Å². The maximum atomic E-state index is 11.5. The molecule has 1 fully saturated rings. The first-order chi connectivity index (χ1) is 8.13. The minimum absolute atomic E-state index is 0.0368. The molecule has 0 radical (unpaired) electrons. The Bertz CT molecular complexity index is 234. The molecule has 1 saturated carbocycles. The summed E-state index contributed by atoms with van der Waals surface area (Å²) in [4.78, 5) is 11.5. The molecule has 0 aromatic heterocycles. The lowest BCUT2D eigenvalue weighted by Gasteiger charge is -2.28. The number of carbonyl (C=O) groups is 1. The lowest BCUT2D eigenvalue weighted by Crippen LogP contribution is -2.36. The molecule has 1 unspecified atom stereocenters. The number of rotatable bonds is 7. The van der Waals surface area contributed by atoms with E-state index in [1.807, 2.05) is 13.8 Å². The van der Waals surface area contributed by atoms with Gasteiger partial charge in [-0.2, -0.15) is 0 Å². The van der Waals surface area contributed by atoms with Gasteiger partial charge in [0, 0.05) is 13.1 Å². The predicted octanol–water partition coefficient (Wildman–Crippen LogP) is 2.75. The molecular formula is C14H27NO2. The normalized spacial score (nSPS) is 20.2. The third-order valence-corrected chi connectivity index (χ3v) is 4.05. The van der Waals surface area contributed by atoms with E-state index in [0.29, 0.717) is 12.0 Å². The van der Waals surface area contributed by atoms with Gasteiger partial charge >= 0.3 is 5.97 Å². The van der Waals surface area contributed by atoms with Gasteiger partial charge in [-0.3, -0.25) is 4.79 Å². The molecule has 0 bridgehead atoms. The molecule has 3 heteroatoms. The molecule has 1 rings (SSSR count). The zero-order valence-corrected chi connectivity index (χ0v) is 11.6. The van der Waals surface area contributed by atoms with Crippen LogP contribution < -0.4 is 5.32 Å². The second kappa shape index (κ2) is 7.00. The Morgan fingerprint density at radius 2 is 2.00 bits per heavy atom. The second-order valence-electron chi connectivity index (χ2n) is 5.34. The fraction of sp³-hybridized carbons (Fsp3) is 0.929. The summed E-state index contributed by atoms with van der Waals surface area (Å²) in [7, 11) is 0. The largest absolute Gasteiger partial charge is 0.466 e. The van der Waals surface area contributed by atoms with E-state index >= 15 is 0 Å². The first kappa shape index (κ1) is 14.5. The van der Waals surface area contributed by atoms with Crippen LogP contribution >= 0.6 is 0 Å². The maximum absolute atomic E-state index is 11.5. The van der Waals surface area contributed by atoms with Gasteiger partial charge in [0.2, 0.25) is 0 Å². The van der Waals surface area contributed by atoms with Gasteiger partial charge in [-0.15, -0.1) is 0 Å². The Hall–Kier alpha value is -0.570. The van der Waals surface area contributed by atoms with Gasteiger partial charge in [-0.1, -0.05) is 26.7 Å². The molecule has 0 aromatic carbocycles. The van der Waals surface area contributed by atoms with Crippen LogP contribution in [0.15, 0.2) is 0 Å². The minimum atomic E-state index is -0.0861. The van der Waals surface area contributed by atoms with Crippen LogP contribution in [0.1, 0.15) is 52.9 Å². The second-order valence-corrected chi connectivity index (χ2v) is 5.34. The van der Waals surface area contributed by atoms with E-state index in [4.69, 9.17) is 4.74 Å². The van der Waals surface area contributed by atoms with Crippen molar-refractivity contribution < 1.29 is 9.53 Å². The van der Waals surface area contributed by atoms with E-state index in [1.165, 1.54) is 32.1 Å². The number of ether oxygens (including phenoxy) is 1. The zero-order chi connectivity index (χ0) is 12.7. The zero-order valence-electron chi connectivity index (χ0n) is 11.6. The predicted molar refractivity (Wildman–Crippen MR) is 69.9 cm³/mol. The molecule has 1 atom stereocenters. The van der Waals surface area contributed by atoms with Crippen LogP contribution in [-0.4, -0.2) is 25.7 Å². The highest BCUT2D eigenvalue weighted by molar-refractivity contribution is 5.72. The summed E-state index contributed by atoms with van der Waals surface area (Å²) in [5.74, 6) is -0.123. The Balaban J connectivity index is 2.24. The molecule has 17 heavy (non-hydrogen) atoms. The van der Waals surface area contributed by atoms with E-state index in [2.05, 4.69) is 12.2 Å². The molecular weight excluding hydrogens is 214 g/mol. The van der Waals surface area contributed by atoms with Crippen molar-refractivity contribution in [3.05, 3.63) is 0 Å². The number of carbonyl (C=O) groups excluding carboxylic acids is 1. The van der Waals surface area contributed by atoms with E-state index in [9.17, 15) is 4.79 Å². The van der Waals surface area contributed by atoms with Crippen molar-refractivity contribution in [2.75, 3.05) is 19.7 Å². The minimum Gasteiger partial charge on any atom is -0.466 e. The van der Waals surface area contributed by atoms with Crippen molar-refractivity contribution in [1.29, 1.82) is 0 Å². The first-order valence-electron chi connectivity index (χ1n) is 7.01. The van der Waals surface area contributed by atoms with Crippen LogP contribution in [0.3, 0.4) is 0 Å². The first-order valence-corrected chi connectivity index (χ1v) is 7.01. The maximum Gasteiger partial charge on any atom is 0.309 e. The monoisotopic (exact) mass is 241 g/mol. The summed E-state index contributed by atoms with van der Waals surface area (Å²) in [5, 5.41) is 3.46. The topological polar surface area (TPSA) is 38.3 Å². The van der Waals surface area contributed by atoms with E-state index in [-0.39, 0.29) is 11.9 Å². The average molecular weight is 241 g/mol. The highest BCUT2D eigenvalue weighted by Crippen LogP contribution is 2.40. The van der Waals surface area contributed by atoms with Crippen LogP contribution in [0.4, 0.5) is 0 Å². The Morgan fingerprint density at radius 1 is 1.35 bits per heavy atom. The highest BCUT2D eigenvalue weighted by atomic mass is 16.5. The van der Waals surface area contributed by atoms with Gasteiger partial charge in [-0.05, 0) is 31.6 Å². The number of esters is 1. The molecule has 1 aliphatic rings. The third-order valence-electron chi connectivity index (χ3n) is 4.05. The molecule has 1 aliphatic carbocycles. The Kier molecular flexibility index (Phi) is 5.96. The molecule has 100 valence electrons. The van der Waals surface area contributed by atoms with Gasteiger partial charge < -0.3 is 10.1 Å². The molecule has 0 aromatic rings. The number of nitrogens with one attached hydrogen (secondary N) is 1. The summed E-state index contributed by atoms with van der Waals surface area (Å²) >= 11 is 0. The summed E-state index contributed by atoms with van der Waals surface area (Å²) in [6.45, 7) is 8.32. The van der Waals surface area contributed by atoms with Crippen molar-refractivity contribution in [3.8, 4) is 0 Å². The van der Waals surface area contributed by atoms with Crippen LogP contribution in [-0.2, 0) is 9.53 Å². The van der Waals surface area contributed by atoms with Crippen molar-refractivity contribution in [3.63, 3.8) is 0 Å². The number of hydrogen-bond acceptors (Lipinski definition) is 3. The Labute approximate surface area is 105 Å². The number of hydrogen-bond donors (Lipinski definition) is 1. The van der Waals surface area contributed by atoms with E-state index in [1.54, 1.807) is 0 Å². The molecule has 1 N–H and O–H groups in total. The van der Waals surface area contributed by atoms with E-state index in [0.717, 1.165) is 13.1 Å². The molecule has 0 spiro atoms. The van der Waals surface area contributed by atoms with Crippen LogP contribution in [0, 0.1) is 11.3 Å². The summed E-state index contributed by atoms with van der Waals surface area (Å²) < 4.78 is 5.00. The lowest BCUT2D eigenvalue weighted by molar-refractivity contribution is -0.147.